The Morgan fingerprint density at radius 1 is 1.47 bits per heavy atom. The van der Waals surface area contributed by atoms with Gasteiger partial charge in [-0.05, 0) is 42.5 Å². The number of hydrogen-bond donors (Lipinski definition) is 2. The van der Waals surface area contributed by atoms with Crippen molar-refractivity contribution in [3.8, 4) is 11.5 Å². The van der Waals surface area contributed by atoms with E-state index in [1.807, 2.05) is 0 Å². The van der Waals surface area contributed by atoms with Crippen molar-refractivity contribution in [3.05, 3.63) is 21.3 Å². The van der Waals surface area contributed by atoms with Crippen molar-refractivity contribution in [1.82, 2.24) is 0 Å². The Morgan fingerprint density at radius 3 is 2.73 bits per heavy atom. The molecule has 1 aliphatic heterocycles. The summed E-state index contributed by atoms with van der Waals surface area (Å²) in [7, 11) is 0. The maximum atomic E-state index is 9.86. The van der Waals surface area contributed by atoms with Crippen LogP contribution in [0.3, 0.4) is 0 Å². The number of aromatic hydroxyl groups is 1. The highest BCUT2D eigenvalue weighted by atomic mass is 127. The van der Waals surface area contributed by atoms with Crippen molar-refractivity contribution in [3.63, 3.8) is 0 Å². The zero-order valence-electron chi connectivity index (χ0n) is 8.62. The number of phenolic OH excluding ortho intramolecular Hbond substituents is 1. The summed E-state index contributed by atoms with van der Waals surface area (Å²) in [5.74, 6) is 0.890. The molecule has 0 radical (unpaired) electrons. The van der Waals surface area contributed by atoms with E-state index in [1.54, 1.807) is 26.0 Å². The second-order valence-corrected chi connectivity index (χ2v) is 5.53. The standard InChI is InChI=1S/C11H13IO3/c1-11(2,14)10-5-7-8(12)3-6(13)4-9(7)15-10/h3-4,10,13-14H,5H2,1-2H3. The molecule has 0 aromatic heterocycles. The molecule has 1 unspecified atom stereocenters. The molecule has 0 bridgehead atoms. The maximum absolute atomic E-state index is 9.86. The van der Waals surface area contributed by atoms with Gasteiger partial charge in [-0.3, -0.25) is 0 Å². The van der Waals surface area contributed by atoms with Crippen LogP contribution in [0, 0.1) is 3.57 Å². The van der Waals surface area contributed by atoms with Gasteiger partial charge in [-0.15, -0.1) is 0 Å². The van der Waals surface area contributed by atoms with Gasteiger partial charge >= 0.3 is 0 Å². The average Bonchev–Trinajstić information content (AvgIpc) is 2.46. The molecule has 1 heterocycles. The predicted octanol–water partition coefficient (Wildman–Crippen LogP) is 2.07. The number of fused-ring (bicyclic) bond motifs is 1. The van der Waals surface area contributed by atoms with Gasteiger partial charge in [-0.2, -0.15) is 0 Å². The van der Waals surface area contributed by atoms with E-state index in [9.17, 15) is 10.2 Å². The Kier molecular flexibility index (Phi) is 2.58. The van der Waals surface area contributed by atoms with Gasteiger partial charge in [0.25, 0.3) is 0 Å². The third-order valence-corrected chi connectivity index (χ3v) is 3.55. The summed E-state index contributed by atoms with van der Waals surface area (Å²) >= 11 is 2.17. The van der Waals surface area contributed by atoms with Crippen molar-refractivity contribution < 1.29 is 14.9 Å². The van der Waals surface area contributed by atoms with Crippen LogP contribution in [0.25, 0.3) is 0 Å². The van der Waals surface area contributed by atoms with Crippen LogP contribution in [0.5, 0.6) is 11.5 Å². The summed E-state index contributed by atoms with van der Waals surface area (Å²) in [6, 6.07) is 3.30. The predicted molar refractivity (Wildman–Crippen MR) is 65.2 cm³/mol. The highest BCUT2D eigenvalue weighted by Gasteiger charge is 2.35. The van der Waals surface area contributed by atoms with Crippen molar-refractivity contribution >= 4 is 22.6 Å². The zero-order chi connectivity index (χ0) is 11.2. The van der Waals surface area contributed by atoms with E-state index in [2.05, 4.69) is 22.6 Å². The van der Waals surface area contributed by atoms with Crippen LogP contribution < -0.4 is 4.74 Å². The first kappa shape index (κ1) is 11.0. The topological polar surface area (TPSA) is 49.7 Å². The average molecular weight is 320 g/mol. The van der Waals surface area contributed by atoms with Crippen LogP contribution in [0.1, 0.15) is 19.4 Å². The number of hydrogen-bond acceptors (Lipinski definition) is 3. The molecule has 0 aliphatic carbocycles. The van der Waals surface area contributed by atoms with Gasteiger partial charge in [-0.1, -0.05) is 0 Å². The normalized spacial score (nSPS) is 19.9. The molecular weight excluding hydrogens is 307 g/mol. The maximum Gasteiger partial charge on any atom is 0.131 e. The summed E-state index contributed by atoms with van der Waals surface area (Å²) in [6.45, 7) is 3.46. The fourth-order valence-corrected chi connectivity index (χ4v) is 2.48. The summed E-state index contributed by atoms with van der Waals surface area (Å²) in [6.07, 6.45) is 0.458. The zero-order valence-corrected chi connectivity index (χ0v) is 10.8. The molecular formula is C11H13IO3. The van der Waals surface area contributed by atoms with Crippen LogP contribution in [0.4, 0.5) is 0 Å². The minimum atomic E-state index is -0.863. The fraction of sp³-hybridized carbons (Fsp3) is 0.455. The summed E-state index contributed by atoms with van der Waals surface area (Å²) in [4.78, 5) is 0. The first-order valence-corrected chi connectivity index (χ1v) is 5.86. The van der Waals surface area contributed by atoms with E-state index < -0.39 is 5.60 Å². The van der Waals surface area contributed by atoms with E-state index in [0.717, 1.165) is 9.13 Å². The monoisotopic (exact) mass is 320 g/mol. The van der Waals surface area contributed by atoms with E-state index in [1.165, 1.54) is 0 Å². The van der Waals surface area contributed by atoms with Crippen LogP contribution in [-0.4, -0.2) is 21.9 Å². The second-order valence-electron chi connectivity index (χ2n) is 4.37. The van der Waals surface area contributed by atoms with Gasteiger partial charge in [-0.25, -0.2) is 0 Å². The van der Waals surface area contributed by atoms with E-state index in [4.69, 9.17) is 4.74 Å². The molecule has 0 spiro atoms. The lowest BCUT2D eigenvalue weighted by Gasteiger charge is -2.24. The number of ether oxygens (including phenoxy) is 1. The lowest BCUT2D eigenvalue weighted by atomic mass is 9.97. The Morgan fingerprint density at radius 2 is 2.13 bits per heavy atom. The Hall–Kier alpha value is -0.490. The van der Waals surface area contributed by atoms with Gasteiger partial charge in [0.05, 0.1) is 5.60 Å². The fourth-order valence-electron chi connectivity index (χ4n) is 1.68. The largest absolute Gasteiger partial charge is 0.508 e. The second kappa shape index (κ2) is 3.52. The van der Waals surface area contributed by atoms with Crippen molar-refractivity contribution in [1.29, 1.82) is 0 Å². The first-order chi connectivity index (χ1) is 6.88. The summed E-state index contributed by atoms with van der Waals surface area (Å²) in [5, 5.41) is 19.3. The molecule has 1 atom stereocenters. The molecule has 1 aliphatic rings. The molecule has 1 aromatic carbocycles. The van der Waals surface area contributed by atoms with Crippen molar-refractivity contribution in [2.24, 2.45) is 0 Å². The number of benzene rings is 1. The third-order valence-electron chi connectivity index (χ3n) is 2.59. The molecule has 15 heavy (non-hydrogen) atoms. The number of halogens is 1. The Balaban J connectivity index is 2.35. The number of rotatable bonds is 1. The molecule has 4 heteroatoms. The van der Waals surface area contributed by atoms with Crippen molar-refractivity contribution in [2.75, 3.05) is 0 Å². The SMILES string of the molecule is CC(C)(O)C1Cc2c(I)cc(O)cc2O1. The molecule has 0 saturated heterocycles. The van der Waals surface area contributed by atoms with Crippen LogP contribution in [-0.2, 0) is 6.42 Å². The first-order valence-electron chi connectivity index (χ1n) is 4.78. The molecule has 0 amide bonds. The number of phenols is 1. The number of aliphatic hydroxyl groups is 1. The smallest absolute Gasteiger partial charge is 0.131 e. The molecule has 82 valence electrons. The van der Waals surface area contributed by atoms with Gasteiger partial charge in [0.2, 0.25) is 0 Å². The Bertz CT molecular complexity index is 396. The Labute approximate surface area is 102 Å². The minimum absolute atomic E-state index is 0.203. The van der Waals surface area contributed by atoms with E-state index in [-0.39, 0.29) is 11.9 Å². The third kappa shape index (κ3) is 2.06. The molecule has 2 N–H and O–H groups in total. The van der Waals surface area contributed by atoms with Gasteiger partial charge < -0.3 is 14.9 Å². The molecule has 0 fully saturated rings. The van der Waals surface area contributed by atoms with Crippen molar-refractivity contribution in [2.45, 2.75) is 32.0 Å². The van der Waals surface area contributed by atoms with Crippen LogP contribution >= 0.6 is 22.6 Å². The van der Waals surface area contributed by atoms with Gasteiger partial charge in [0, 0.05) is 21.6 Å². The minimum Gasteiger partial charge on any atom is -0.508 e. The molecule has 2 rings (SSSR count). The van der Waals surface area contributed by atoms with E-state index >= 15 is 0 Å². The van der Waals surface area contributed by atoms with E-state index in [0.29, 0.717) is 12.2 Å². The summed E-state index contributed by atoms with van der Waals surface area (Å²) in [5.41, 5.74) is 0.207. The lowest BCUT2D eigenvalue weighted by molar-refractivity contribution is -0.0230. The van der Waals surface area contributed by atoms with Crippen LogP contribution in [0.2, 0.25) is 0 Å². The lowest BCUT2D eigenvalue weighted by Crippen LogP contribution is -2.39. The molecule has 3 nitrogen and oxygen atoms in total. The highest BCUT2D eigenvalue weighted by Crippen LogP contribution is 2.38. The van der Waals surface area contributed by atoms with Gasteiger partial charge in [0.15, 0.2) is 0 Å². The van der Waals surface area contributed by atoms with Crippen LogP contribution in [0.15, 0.2) is 12.1 Å². The highest BCUT2D eigenvalue weighted by molar-refractivity contribution is 14.1. The van der Waals surface area contributed by atoms with Gasteiger partial charge in [0.1, 0.15) is 17.6 Å². The molecule has 1 aromatic rings. The quantitative estimate of drug-likeness (QED) is 0.779. The summed E-state index contributed by atoms with van der Waals surface area (Å²) < 4.78 is 6.60. The molecule has 0 saturated carbocycles.